The van der Waals surface area contributed by atoms with E-state index in [9.17, 15) is 44.1 Å². The van der Waals surface area contributed by atoms with Crippen LogP contribution in [0.2, 0.25) is 0 Å². The van der Waals surface area contributed by atoms with Crippen molar-refractivity contribution >= 4 is 16.1 Å². The molecule has 0 saturated heterocycles. The second-order valence-corrected chi connectivity index (χ2v) is 7.24. The first kappa shape index (κ1) is 19.0. The molecule has 5 nitrogen and oxygen atoms in total. The summed E-state index contributed by atoms with van der Waals surface area (Å²) in [5.74, 6) is -6.73. The molecule has 0 spiro atoms. The third kappa shape index (κ3) is 3.39. The average Bonchev–Trinajstić information content (AvgIpc) is 2.95. The van der Waals surface area contributed by atoms with Crippen molar-refractivity contribution in [3.8, 4) is 0 Å². The van der Waals surface area contributed by atoms with Gasteiger partial charge in [-0.25, -0.2) is 8.42 Å². The molecule has 0 aromatic carbocycles. The quantitative estimate of drug-likeness (QED) is 0.323. The Hall–Kier alpha value is -1.30. The first-order valence-electron chi connectivity index (χ1n) is 6.64. The molecule has 3 unspecified atom stereocenters. The molecule has 138 valence electrons. The number of allylic oxidation sites excluding steroid dienone is 2. The molecule has 0 aromatic rings. The van der Waals surface area contributed by atoms with Crippen LogP contribution in [-0.4, -0.2) is 42.6 Å². The predicted octanol–water partition coefficient (Wildman–Crippen LogP) is 2.15. The van der Waals surface area contributed by atoms with Gasteiger partial charge < -0.3 is 9.29 Å². The minimum atomic E-state index is -6.33. The third-order valence-corrected chi connectivity index (χ3v) is 4.91. The van der Waals surface area contributed by atoms with Crippen LogP contribution in [0.1, 0.15) is 12.8 Å². The largest absolute Gasteiger partial charge is 0.748 e. The summed E-state index contributed by atoms with van der Waals surface area (Å²) in [5, 5.41) is 0. The first-order chi connectivity index (χ1) is 10.7. The van der Waals surface area contributed by atoms with Gasteiger partial charge in [-0.2, -0.15) is 26.3 Å². The summed E-state index contributed by atoms with van der Waals surface area (Å²) in [7, 11) is -6.01. The van der Waals surface area contributed by atoms with E-state index in [2.05, 4.69) is 4.74 Å². The van der Waals surface area contributed by atoms with E-state index >= 15 is 0 Å². The van der Waals surface area contributed by atoms with Crippen molar-refractivity contribution < 1.29 is 48.8 Å². The van der Waals surface area contributed by atoms with Gasteiger partial charge in [-0.15, -0.1) is 0 Å². The molecule has 3 atom stereocenters. The zero-order chi connectivity index (χ0) is 18.6. The van der Waals surface area contributed by atoms with Crippen molar-refractivity contribution in [3.63, 3.8) is 0 Å². The standard InChI is InChI=1S/C12H12F6O5S/c13-11(14,15)10(12(16,17)18,5-24(20,21)22)23-9(19)8-4-6-1-2-7(8)3-6/h1-2,6-8H,3-5H2,(H,20,21,22)/p-1. The summed E-state index contributed by atoms with van der Waals surface area (Å²) >= 11 is 0. The van der Waals surface area contributed by atoms with E-state index in [1.807, 2.05) is 0 Å². The summed E-state index contributed by atoms with van der Waals surface area (Å²) in [5.41, 5.74) is -5.39. The number of hydrogen-bond acceptors (Lipinski definition) is 5. The van der Waals surface area contributed by atoms with Gasteiger partial charge in [-0.05, 0) is 24.7 Å². The Bertz CT molecular complexity index is 636. The lowest BCUT2D eigenvalue weighted by atomic mass is 9.93. The highest BCUT2D eigenvalue weighted by atomic mass is 32.2. The number of fused-ring (bicyclic) bond motifs is 2. The summed E-state index contributed by atoms with van der Waals surface area (Å²) in [6.45, 7) is 0. The van der Waals surface area contributed by atoms with E-state index in [-0.39, 0.29) is 12.3 Å². The number of rotatable bonds is 4. The number of carbonyl (C=O) groups is 1. The van der Waals surface area contributed by atoms with Crippen molar-refractivity contribution in [2.45, 2.75) is 30.8 Å². The number of carbonyl (C=O) groups excluding carboxylic acids is 1. The van der Waals surface area contributed by atoms with Gasteiger partial charge in [-0.1, -0.05) is 12.2 Å². The lowest BCUT2D eigenvalue weighted by molar-refractivity contribution is -0.362. The molecule has 0 radical (unpaired) electrons. The van der Waals surface area contributed by atoms with Crippen LogP contribution in [-0.2, 0) is 19.6 Å². The second-order valence-electron chi connectivity index (χ2n) is 5.83. The number of alkyl halides is 6. The van der Waals surface area contributed by atoms with Crippen LogP contribution in [0.15, 0.2) is 12.2 Å². The van der Waals surface area contributed by atoms with Gasteiger partial charge in [0.25, 0.3) is 0 Å². The maximum Gasteiger partial charge on any atom is 0.438 e. The van der Waals surface area contributed by atoms with E-state index in [1.165, 1.54) is 6.08 Å². The van der Waals surface area contributed by atoms with Crippen LogP contribution in [0.5, 0.6) is 0 Å². The van der Waals surface area contributed by atoms with Crippen molar-refractivity contribution in [2.75, 3.05) is 5.75 Å². The fourth-order valence-electron chi connectivity index (χ4n) is 3.02. The maximum atomic E-state index is 13.0. The Morgan fingerprint density at radius 1 is 1.08 bits per heavy atom. The molecule has 0 aliphatic heterocycles. The second kappa shape index (κ2) is 5.61. The van der Waals surface area contributed by atoms with E-state index in [0.717, 1.165) is 0 Å². The van der Waals surface area contributed by atoms with Crippen LogP contribution in [0.25, 0.3) is 0 Å². The van der Waals surface area contributed by atoms with Crippen LogP contribution in [0, 0.1) is 17.8 Å². The molecule has 1 fully saturated rings. The van der Waals surface area contributed by atoms with Crippen molar-refractivity contribution in [1.29, 1.82) is 0 Å². The molecule has 2 rings (SSSR count). The minimum absolute atomic E-state index is 0.00984. The van der Waals surface area contributed by atoms with Crippen molar-refractivity contribution in [1.82, 2.24) is 0 Å². The SMILES string of the molecule is O=C(OC(CS(=O)(=O)[O-])(C(F)(F)F)C(F)(F)F)C1CC2C=CC1C2. The maximum absolute atomic E-state index is 13.0. The van der Waals surface area contributed by atoms with Gasteiger partial charge >= 0.3 is 23.9 Å². The summed E-state index contributed by atoms with van der Waals surface area (Å²) in [6.07, 6.45) is -9.07. The van der Waals surface area contributed by atoms with Crippen molar-refractivity contribution in [2.24, 2.45) is 17.8 Å². The highest BCUT2D eigenvalue weighted by Gasteiger charge is 2.75. The van der Waals surface area contributed by atoms with Crippen LogP contribution >= 0.6 is 0 Å². The molecular weight excluding hydrogens is 370 g/mol. The molecule has 2 aliphatic carbocycles. The number of halogens is 6. The summed E-state index contributed by atoms with van der Waals surface area (Å²) < 4.78 is 114. The number of esters is 1. The topological polar surface area (TPSA) is 83.5 Å². The molecule has 24 heavy (non-hydrogen) atoms. The fourth-order valence-corrected chi connectivity index (χ4v) is 3.90. The average molecular weight is 381 g/mol. The van der Waals surface area contributed by atoms with Gasteiger partial charge in [0.1, 0.15) is 0 Å². The Morgan fingerprint density at radius 2 is 1.62 bits per heavy atom. The molecule has 12 heteroatoms. The van der Waals surface area contributed by atoms with E-state index in [4.69, 9.17) is 0 Å². The lowest BCUT2D eigenvalue weighted by Crippen LogP contribution is -2.64. The zero-order valence-corrected chi connectivity index (χ0v) is 12.5. The van der Waals surface area contributed by atoms with Crippen LogP contribution < -0.4 is 0 Å². The van der Waals surface area contributed by atoms with Gasteiger partial charge in [-0.3, -0.25) is 4.79 Å². The minimum Gasteiger partial charge on any atom is -0.748 e. The first-order valence-corrected chi connectivity index (χ1v) is 8.22. The molecule has 2 bridgehead atoms. The Balaban J connectivity index is 2.38. The Labute approximate surface area is 132 Å². The molecule has 1 saturated carbocycles. The van der Waals surface area contributed by atoms with E-state index in [1.54, 1.807) is 6.08 Å². The molecule has 0 heterocycles. The smallest absolute Gasteiger partial charge is 0.438 e. The zero-order valence-electron chi connectivity index (χ0n) is 11.7. The summed E-state index contributed by atoms with van der Waals surface area (Å²) in [6, 6.07) is 0. The highest BCUT2D eigenvalue weighted by molar-refractivity contribution is 7.85. The predicted molar refractivity (Wildman–Crippen MR) is 64.3 cm³/mol. The molecule has 0 aromatic heterocycles. The molecule has 0 amide bonds. The fraction of sp³-hybridized carbons (Fsp3) is 0.750. The van der Waals surface area contributed by atoms with Gasteiger partial charge in [0.05, 0.1) is 21.8 Å². The van der Waals surface area contributed by atoms with Crippen LogP contribution in [0.4, 0.5) is 26.3 Å². The van der Waals surface area contributed by atoms with Gasteiger partial charge in [0, 0.05) is 0 Å². The molecular formula is C12H11F6O5S-. The monoisotopic (exact) mass is 381 g/mol. The Kier molecular flexibility index (Phi) is 4.45. The molecule has 0 N–H and O–H groups in total. The number of ether oxygens (including phenoxy) is 1. The number of hydrogen-bond donors (Lipinski definition) is 0. The highest BCUT2D eigenvalue weighted by Crippen LogP contribution is 2.49. The lowest BCUT2D eigenvalue weighted by Gasteiger charge is -2.38. The van der Waals surface area contributed by atoms with Gasteiger partial charge in [0.15, 0.2) is 0 Å². The summed E-state index contributed by atoms with van der Waals surface area (Å²) in [4.78, 5) is 11.9. The van der Waals surface area contributed by atoms with E-state index < -0.39 is 51.6 Å². The van der Waals surface area contributed by atoms with Crippen molar-refractivity contribution in [3.05, 3.63) is 12.2 Å². The van der Waals surface area contributed by atoms with Crippen LogP contribution in [0.3, 0.4) is 0 Å². The normalized spacial score (nSPS) is 27.5. The third-order valence-electron chi connectivity index (χ3n) is 4.15. The Morgan fingerprint density at radius 3 is 1.96 bits per heavy atom. The van der Waals surface area contributed by atoms with E-state index in [0.29, 0.717) is 6.42 Å². The molecule has 2 aliphatic rings. The van der Waals surface area contributed by atoms with Gasteiger partial charge in [0.2, 0.25) is 0 Å².